The molecule has 0 aliphatic heterocycles. The van der Waals surface area contributed by atoms with E-state index in [-0.39, 0.29) is 0 Å². The number of aromatic nitrogens is 3. The van der Waals surface area contributed by atoms with Gasteiger partial charge in [0, 0.05) is 12.1 Å². The van der Waals surface area contributed by atoms with Crippen molar-refractivity contribution in [2.45, 2.75) is 18.8 Å². The van der Waals surface area contributed by atoms with E-state index < -0.39 is 0 Å². The average Bonchev–Trinajstić information content (AvgIpc) is 2.94. The number of fused-ring (bicyclic) bond motifs is 1. The third kappa shape index (κ3) is 1.00. The molecular weight excluding hydrogens is 200 g/mol. The molecule has 0 atom stereocenters. The molecule has 0 saturated heterocycles. The first-order valence-corrected chi connectivity index (χ1v) is 4.94. The van der Waals surface area contributed by atoms with Gasteiger partial charge in [0.2, 0.25) is 0 Å². The number of hydrogen-bond acceptors (Lipinski definition) is 3. The first kappa shape index (κ1) is 8.05. The Bertz CT molecular complexity index is 501. The van der Waals surface area contributed by atoms with Gasteiger partial charge in [0.05, 0.1) is 5.69 Å². The maximum absolute atomic E-state index is 6.16. The van der Waals surface area contributed by atoms with Crippen LogP contribution in [0.2, 0.25) is 5.02 Å². The van der Waals surface area contributed by atoms with E-state index in [0.717, 1.165) is 5.69 Å². The Morgan fingerprint density at radius 2 is 2.29 bits per heavy atom. The molecule has 0 amide bonds. The highest BCUT2D eigenvalue weighted by atomic mass is 35.5. The third-order valence-corrected chi connectivity index (χ3v) is 2.84. The second-order valence-corrected chi connectivity index (χ2v) is 3.96. The molecule has 4 nitrogen and oxygen atoms in total. The first-order chi connectivity index (χ1) is 6.77. The van der Waals surface area contributed by atoms with Gasteiger partial charge in [0.25, 0.3) is 0 Å². The molecule has 0 unspecified atom stereocenters. The van der Waals surface area contributed by atoms with Crippen LogP contribution in [-0.4, -0.2) is 14.6 Å². The van der Waals surface area contributed by atoms with Gasteiger partial charge in [0.15, 0.2) is 5.65 Å². The highest BCUT2D eigenvalue weighted by molar-refractivity contribution is 6.34. The molecule has 2 N–H and O–H groups in total. The molecule has 1 fully saturated rings. The van der Waals surface area contributed by atoms with E-state index in [4.69, 9.17) is 17.3 Å². The number of anilines is 1. The fourth-order valence-electron chi connectivity index (χ4n) is 1.57. The molecule has 14 heavy (non-hydrogen) atoms. The SMILES string of the molecule is Nc1ccnc2c(Cl)c(C3CC3)nn12. The van der Waals surface area contributed by atoms with Crippen molar-refractivity contribution >= 4 is 23.1 Å². The monoisotopic (exact) mass is 208 g/mol. The standard InChI is InChI=1S/C9H9ClN4/c10-7-8(5-1-2-5)13-14-6(11)3-4-12-9(7)14/h3-5H,1-2,11H2. The van der Waals surface area contributed by atoms with Gasteiger partial charge in [-0.1, -0.05) is 11.6 Å². The molecule has 0 radical (unpaired) electrons. The Morgan fingerprint density at radius 1 is 1.50 bits per heavy atom. The van der Waals surface area contributed by atoms with Crippen molar-refractivity contribution in [3.63, 3.8) is 0 Å². The fraction of sp³-hybridized carbons (Fsp3) is 0.333. The Balaban J connectivity index is 2.33. The van der Waals surface area contributed by atoms with Gasteiger partial charge in [-0.3, -0.25) is 0 Å². The molecule has 2 heterocycles. The first-order valence-electron chi connectivity index (χ1n) is 4.56. The Hall–Kier alpha value is -1.29. The van der Waals surface area contributed by atoms with Crippen LogP contribution in [-0.2, 0) is 0 Å². The second-order valence-electron chi connectivity index (χ2n) is 3.58. The predicted octanol–water partition coefficient (Wildman–Crippen LogP) is 1.84. The lowest BCUT2D eigenvalue weighted by Crippen LogP contribution is -1.98. The minimum atomic E-state index is 0.517. The van der Waals surface area contributed by atoms with Gasteiger partial charge in [-0.25, -0.2) is 4.98 Å². The summed E-state index contributed by atoms with van der Waals surface area (Å²) in [4.78, 5) is 4.16. The summed E-state index contributed by atoms with van der Waals surface area (Å²) in [6.07, 6.45) is 3.99. The Morgan fingerprint density at radius 3 is 2.93 bits per heavy atom. The van der Waals surface area contributed by atoms with Crippen LogP contribution < -0.4 is 5.73 Å². The van der Waals surface area contributed by atoms with Crippen LogP contribution in [0.1, 0.15) is 24.5 Å². The zero-order chi connectivity index (χ0) is 9.71. The predicted molar refractivity (Wildman–Crippen MR) is 54.4 cm³/mol. The lowest BCUT2D eigenvalue weighted by Gasteiger charge is -1.95. The van der Waals surface area contributed by atoms with Gasteiger partial charge in [-0.2, -0.15) is 9.61 Å². The number of nitrogens with two attached hydrogens (primary N) is 1. The number of nitrogen functional groups attached to an aromatic ring is 1. The summed E-state index contributed by atoms with van der Waals surface area (Å²) in [7, 11) is 0. The summed E-state index contributed by atoms with van der Waals surface area (Å²) in [5.74, 6) is 1.09. The van der Waals surface area contributed by atoms with Crippen molar-refractivity contribution in [3.8, 4) is 0 Å². The number of nitrogens with zero attached hydrogens (tertiary/aromatic N) is 3. The van der Waals surface area contributed by atoms with Gasteiger partial charge in [-0.05, 0) is 18.9 Å². The van der Waals surface area contributed by atoms with Crippen molar-refractivity contribution in [3.05, 3.63) is 23.0 Å². The highest BCUT2D eigenvalue weighted by Crippen LogP contribution is 2.43. The van der Waals surface area contributed by atoms with E-state index in [9.17, 15) is 0 Å². The summed E-state index contributed by atoms with van der Waals surface area (Å²) < 4.78 is 1.61. The fourth-order valence-corrected chi connectivity index (χ4v) is 1.89. The normalized spacial score (nSPS) is 16.4. The van der Waals surface area contributed by atoms with Crippen molar-refractivity contribution < 1.29 is 0 Å². The van der Waals surface area contributed by atoms with Crippen LogP contribution in [0.5, 0.6) is 0 Å². The van der Waals surface area contributed by atoms with Crippen molar-refractivity contribution in [1.82, 2.24) is 14.6 Å². The molecule has 0 spiro atoms. The molecule has 1 saturated carbocycles. The molecule has 0 bridgehead atoms. The molecule has 3 rings (SSSR count). The number of rotatable bonds is 1. The molecule has 1 aliphatic rings. The quantitative estimate of drug-likeness (QED) is 0.778. The van der Waals surface area contributed by atoms with Crippen molar-refractivity contribution in [1.29, 1.82) is 0 Å². The molecule has 2 aromatic heterocycles. The molecule has 72 valence electrons. The third-order valence-electron chi connectivity index (χ3n) is 2.48. The molecule has 5 heteroatoms. The average molecular weight is 209 g/mol. The molecule has 2 aromatic rings. The van der Waals surface area contributed by atoms with Crippen LogP contribution >= 0.6 is 11.6 Å². The lowest BCUT2D eigenvalue weighted by molar-refractivity contribution is 0.890. The topological polar surface area (TPSA) is 56.2 Å². The maximum atomic E-state index is 6.16. The minimum absolute atomic E-state index is 0.517. The van der Waals surface area contributed by atoms with E-state index in [1.54, 1.807) is 16.8 Å². The minimum Gasteiger partial charge on any atom is -0.384 e. The lowest BCUT2D eigenvalue weighted by atomic mass is 10.3. The van der Waals surface area contributed by atoms with Crippen molar-refractivity contribution in [2.75, 3.05) is 5.73 Å². The summed E-state index contributed by atoms with van der Waals surface area (Å²) in [6.45, 7) is 0. The zero-order valence-electron chi connectivity index (χ0n) is 7.44. The Kier molecular flexibility index (Phi) is 1.50. The van der Waals surface area contributed by atoms with Gasteiger partial charge in [-0.15, -0.1) is 0 Å². The summed E-state index contributed by atoms with van der Waals surface area (Å²) >= 11 is 6.16. The molecule has 1 aliphatic carbocycles. The van der Waals surface area contributed by atoms with Crippen LogP contribution in [0.4, 0.5) is 5.82 Å². The number of hydrogen-bond donors (Lipinski definition) is 1. The van der Waals surface area contributed by atoms with Crippen LogP contribution in [0.15, 0.2) is 12.3 Å². The van der Waals surface area contributed by atoms with E-state index >= 15 is 0 Å². The van der Waals surface area contributed by atoms with Crippen LogP contribution in [0.25, 0.3) is 5.65 Å². The smallest absolute Gasteiger partial charge is 0.176 e. The highest BCUT2D eigenvalue weighted by Gasteiger charge is 2.30. The molecular formula is C9H9ClN4. The van der Waals surface area contributed by atoms with Gasteiger partial charge < -0.3 is 5.73 Å². The van der Waals surface area contributed by atoms with E-state index in [2.05, 4.69) is 10.1 Å². The second kappa shape index (κ2) is 2.60. The zero-order valence-corrected chi connectivity index (χ0v) is 8.20. The summed E-state index contributed by atoms with van der Waals surface area (Å²) in [5, 5.41) is 5.02. The maximum Gasteiger partial charge on any atom is 0.176 e. The van der Waals surface area contributed by atoms with E-state index in [1.165, 1.54) is 12.8 Å². The number of halogens is 1. The van der Waals surface area contributed by atoms with Gasteiger partial charge in [0.1, 0.15) is 10.8 Å². The van der Waals surface area contributed by atoms with Crippen molar-refractivity contribution in [2.24, 2.45) is 0 Å². The largest absolute Gasteiger partial charge is 0.384 e. The van der Waals surface area contributed by atoms with Gasteiger partial charge >= 0.3 is 0 Å². The summed E-state index contributed by atoms with van der Waals surface area (Å²) in [5.41, 5.74) is 7.36. The van der Waals surface area contributed by atoms with Crippen LogP contribution in [0, 0.1) is 0 Å². The Labute approximate surface area is 85.7 Å². The van der Waals surface area contributed by atoms with Crippen LogP contribution in [0.3, 0.4) is 0 Å². The molecule has 0 aromatic carbocycles. The van der Waals surface area contributed by atoms with E-state index in [1.807, 2.05) is 0 Å². The summed E-state index contributed by atoms with van der Waals surface area (Å²) in [6, 6.07) is 1.72. The van der Waals surface area contributed by atoms with E-state index in [0.29, 0.717) is 22.4 Å².